The van der Waals surface area contributed by atoms with E-state index in [1.54, 1.807) is 0 Å². The molecule has 0 bridgehead atoms. The summed E-state index contributed by atoms with van der Waals surface area (Å²) in [6, 6.07) is 15.5. The summed E-state index contributed by atoms with van der Waals surface area (Å²) in [6.45, 7) is 17.5. The molecule has 2 aromatic rings. The van der Waals surface area contributed by atoms with Crippen molar-refractivity contribution in [2.24, 2.45) is 0 Å². The molecule has 0 atom stereocenters. The lowest BCUT2D eigenvalue weighted by atomic mass is 9.79. The van der Waals surface area contributed by atoms with E-state index in [0.29, 0.717) is 0 Å². The SMILES string of the molecule is C=Cc1cccc(C(C)(C)C)c1-c1ccc(C(C)(C)C)cc1. The summed E-state index contributed by atoms with van der Waals surface area (Å²) in [7, 11) is 0. The Kier molecular flexibility index (Phi) is 4.33. The Morgan fingerprint density at radius 3 is 1.82 bits per heavy atom. The van der Waals surface area contributed by atoms with E-state index in [1.807, 2.05) is 6.08 Å². The minimum absolute atomic E-state index is 0.108. The van der Waals surface area contributed by atoms with Gasteiger partial charge in [-0.15, -0.1) is 0 Å². The highest BCUT2D eigenvalue weighted by atomic mass is 14.2. The van der Waals surface area contributed by atoms with E-state index in [-0.39, 0.29) is 10.8 Å². The maximum Gasteiger partial charge on any atom is -0.00742 e. The number of rotatable bonds is 2. The summed E-state index contributed by atoms with van der Waals surface area (Å²) >= 11 is 0. The zero-order valence-corrected chi connectivity index (χ0v) is 14.8. The Morgan fingerprint density at radius 1 is 0.773 bits per heavy atom. The van der Waals surface area contributed by atoms with Gasteiger partial charge in [-0.1, -0.05) is 96.7 Å². The van der Waals surface area contributed by atoms with Crippen LogP contribution in [-0.2, 0) is 10.8 Å². The van der Waals surface area contributed by atoms with Crippen molar-refractivity contribution in [3.05, 3.63) is 65.7 Å². The smallest absolute Gasteiger partial charge is 0.00742 e. The van der Waals surface area contributed by atoms with Gasteiger partial charge in [0.15, 0.2) is 0 Å². The first-order valence-corrected chi connectivity index (χ1v) is 8.01. The van der Waals surface area contributed by atoms with E-state index in [9.17, 15) is 0 Å². The molecule has 0 heteroatoms. The zero-order chi connectivity index (χ0) is 16.5. The standard InChI is InChI=1S/C22H28/c1-8-16-10-9-11-19(22(5,6)7)20(16)17-12-14-18(15-13-17)21(2,3)4/h8-15H,1H2,2-7H3. The molecule has 0 fully saturated rings. The van der Waals surface area contributed by atoms with Crippen LogP contribution >= 0.6 is 0 Å². The lowest BCUT2D eigenvalue weighted by Crippen LogP contribution is -2.14. The molecule has 0 aliphatic heterocycles. The third-order valence-corrected chi connectivity index (χ3v) is 4.16. The van der Waals surface area contributed by atoms with Gasteiger partial charge in [0.2, 0.25) is 0 Å². The minimum Gasteiger partial charge on any atom is -0.0984 e. The van der Waals surface area contributed by atoms with Gasteiger partial charge in [-0.3, -0.25) is 0 Å². The molecule has 0 unspecified atom stereocenters. The summed E-state index contributed by atoms with van der Waals surface area (Å²) in [4.78, 5) is 0. The highest BCUT2D eigenvalue weighted by Gasteiger charge is 2.21. The van der Waals surface area contributed by atoms with Gasteiger partial charge in [0, 0.05) is 0 Å². The van der Waals surface area contributed by atoms with Crippen LogP contribution in [0.25, 0.3) is 17.2 Å². The van der Waals surface area contributed by atoms with Gasteiger partial charge in [0.05, 0.1) is 0 Å². The molecule has 0 heterocycles. The fourth-order valence-electron chi connectivity index (χ4n) is 2.82. The topological polar surface area (TPSA) is 0 Å². The van der Waals surface area contributed by atoms with Crippen LogP contribution in [-0.4, -0.2) is 0 Å². The van der Waals surface area contributed by atoms with E-state index in [0.717, 1.165) is 0 Å². The van der Waals surface area contributed by atoms with Crippen LogP contribution in [0.15, 0.2) is 49.0 Å². The molecular formula is C22H28. The highest BCUT2D eigenvalue weighted by molar-refractivity contribution is 5.78. The van der Waals surface area contributed by atoms with E-state index in [4.69, 9.17) is 0 Å². The lowest BCUT2D eigenvalue weighted by molar-refractivity contribution is 0.589. The quantitative estimate of drug-likeness (QED) is 0.585. The van der Waals surface area contributed by atoms with E-state index < -0.39 is 0 Å². The van der Waals surface area contributed by atoms with Crippen LogP contribution in [0, 0.1) is 0 Å². The van der Waals surface area contributed by atoms with Crippen molar-refractivity contribution in [2.75, 3.05) is 0 Å². The summed E-state index contributed by atoms with van der Waals surface area (Å²) in [5, 5.41) is 0. The van der Waals surface area contributed by atoms with Gasteiger partial charge in [0.1, 0.15) is 0 Å². The van der Waals surface area contributed by atoms with Crippen molar-refractivity contribution >= 4 is 6.08 Å². The van der Waals surface area contributed by atoms with Crippen LogP contribution in [0.1, 0.15) is 58.2 Å². The van der Waals surface area contributed by atoms with Gasteiger partial charge >= 0.3 is 0 Å². The maximum absolute atomic E-state index is 4.00. The van der Waals surface area contributed by atoms with E-state index in [1.165, 1.54) is 27.8 Å². The van der Waals surface area contributed by atoms with Gasteiger partial charge in [-0.05, 0) is 38.6 Å². The second-order valence-corrected chi connectivity index (χ2v) is 8.05. The van der Waals surface area contributed by atoms with E-state index in [2.05, 4.69) is 90.6 Å². The molecular weight excluding hydrogens is 264 g/mol. The molecule has 22 heavy (non-hydrogen) atoms. The Bertz CT molecular complexity index is 659. The van der Waals surface area contributed by atoms with Gasteiger partial charge in [-0.2, -0.15) is 0 Å². The van der Waals surface area contributed by atoms with Crippen molar-refractivity contribution in [1.82, 2.24) is 0 Å². The molecule has 0 radical (unpaired) electrons. The van der Waals surface area contributed by atoms with Gasteiger partial charge in [-0.25, -0.2) is 0 Å². The minimum atomic E-state index is 0.108. The molecule has 0 nitrogen and oxygen atoms in total. The fourth-order valence-corrected chi connectivity index (χ4v) is 2.82. The summed E-state index contributed by atoms with van der Waals surface area (Å²) in [5.74, 6) is 0. The van der Waals surface area contributed by atoms with Crippen molar-refractivity contribution < 1.29 is 0 Å². The number of hydrogen-bond donors (Lipinski definition) is 0. The van der Waals surface area contributed by atoms with Gasteiger partial charge < -0.3 is 0 Å². The Morgan fingerprint density at radius 2 is 1.36 bits per heavy atom. The second-order valence-electron chi connectivity index (χ2n) is 8.05. The van der Waals surface area contributed by atoms with Crippen molar-refractivity contribution in [1.29, 1.82) is 0 Å². The average molecular weight is 292 g/mol. The van der Waals surface area contributed by atoms with Crippen molar-refractivity contribution in [3.8, 4) is 11.1 Å². The lowest BCUT2D eigenvalue weighted by Gasteiger charge is -2.25. The molecule has 0 N–H and O–H groups in total. The summed E-state index contributed by atoms with van der Waals surface area (Å²) in [6.07, 6.45) is 1.96. The molecule has 0 saturated carbocycles. The third-order valence-electron chi connectivity index (χ3n) is 4.16. The molecule has 0 aliphatic carbocycles. The zero-order valence-electron chi connectivity index (χ0n) is 14.8. The van der Waals surface area contributed by atoms with Crippen LogP contribution in [0.4, 0.5) is 0 Å². The Balaban J connectivity index is 2.64. The Labute approximate surface area is 135 Å². The molecule has 2 aromatic carbocycles. The van der Waals surface area contributed by atoms with Crippen molar-refractivity contribution in [2.45, 2.75) is 52.4 Å². The molecule has 0 amide bonds. The number of benzene rings is 2. The fraction of sp³-hybridized carbons (Fsp3) is 0.364. The largest absolute Gasteiger partial charge is 0.0984 e. The first-order valence-electron chi connectivity index (χ1n) is 8.01. The molecule has 0 saturated heterocycles. The molecule has 2 rings (SSSR count). The third kappa shape index (κ3) is 3.32. The monoisotopic (exact) mass is 292 g/mol. The van der Waals surface area contributed by atoms with Crippen LogP contribution < -0.4 is 0 Å². The summed E-state index contributed by atoms with van der Waals surface area (Å²) < 4.78 is 0. The molecule has 0 spiro atoms. The average Bonchev–Trinajstić information content (AvgIpc) is 2.44. The first-order chi connectivity index (χ1) is 10.1. The maximum atomic E-state index is 4.00. The molecule has 116 valence electrons. The predicted octanol–water partition coefficient (Wildman–Crippen LogP) is 6.59. The normalized spacial score (nSPS) is 12.3. The van der Waals surface area contributed by atoms with Crippen LogP contribution in [0.3, 0.4) is 0 Å². The van der Waals surface area contributed by atoms with Crippen LogP contribution in [0.2, 0.25) is 0 Å². The molecule has 0 aliphatic rings. The highest BCUT2D eigenvalue weighted by Crippen LogP contribution is 2.36. The summed E-state index contributed by atoms with van der Waals surface area (Å²) in [5.41, 5.74) is 6.81. The second kappa shape index (κ2) is 5.76. The van der Waals surface area contributed by atoms with Crippen LogP contribution in [0.5, 0.6) is 0 Å². The number of hydrogen-bond acceptors (Lipinski definition) is 0. The van der Waals surface area contributed by atoms with E-state index >= 15 is 0 Å². The Hall–Kier alpha value is -1.82. The molecule has 0 aromatic heterocycles. The predicted molar refractivity (Wildman–Crippen MR) is 99.4 cm³/mol. The first kappa shape index (κ1) is 16.5. The van der Waals surface area contributed by atoms with Gasteiger partial charge in [0.25, 0.3) is 0 Å². The van der Waals surface area contributed by atoms with Crippen molar-refractivity contribution in [3.63, 3.8) is 0 Å².